The van der Waals surface area contributed by atoms with E-state index in [0.29, 0.717) is 18.1 Å². The molecular formula is C16H26N2. The first kappa shape index (κ1) is 13.6. The molecule has 2 nitrogen and oxygen atoms in total. The largest absolute Gasteiger partial charge is 0.298 e. The lowest BCUT2D eigenvalue weighted by atomic mass is 10.00. The lowest BCUT2D eigenvalue weighted by molar-refractivity contribution is 0.0356. The first-order valence-electron chi connectivity index (χ1n) is 7.14. The molecule has 1 unspecified atom stereocenters. The van der Waals surface area contributed by atoms with E-state index in [4.69, 9.17) is 0 Å². The molecule has 0 bridgehead atoms. The number of nitrogens with zero attached hydrogens (tertiary/aromatic N) is 2. The van der Waals surface area contributed by atoms with Crippen LogP contribution in [0, 0.1) is 0 Å². The van der Waals surface area contributed by atoms with Gasteiger partial charge in [0.05, 0.1) is 0 Å². The van der Waals surface area contributed by atoms with Crippen LogP contribution in [0.3, 0.4) is 0 Å². The van der Waals surface area contributed by atoms with Crippen molar-refractivity contribution < 1.29 is 0 Å². The van der Waals surface area contributed by atoms with E-state index < -0.39 is 0 Å². The molecule has 0 radical (unpaired) electrons. The lowest BCUT2D eigenvalue weighted by Crippen LogP contribution is -2.52. The van der Waals surface area contributed by atoms with Gasteiger partial charge in [0.15, 0.2) is 0 Å². The molecule has 100 valence electrons. The molecule has 2 rings (SSSR count). The highest BCUT2D eigenvalue weighted by Gasteiger charge is 2.30. The van der Waals surface area contributed by atoms with Crippen molar-refractivity contribution in [3.8, 4) is 0 Å². The third-order valence-electron chi connectivity index (χ3n) is 4.03. The summed E-state index contributed by atoms with van der Waals surface area (Å²) in [6, 6.07) is 12.8. The van der Waals surface area contributed by atoms with Crippen LogP contribution in [-0.2, 0) is 0 Å². The van der Waals surface area contributed by atoms with Crippen molar-refractivity contribution in [3.05, 3.63) is 35.9 Å². The second-order valence-electron chi connectivity index (χ2n) is 5.85. The maximum atomic E-state index is 2.63. The molecule has 1 fully saturated rings. The van der Waals surface area contributed by atoms with Gasteiger partial charge in [-0.3, -0.25) is 9.80 Å². The van der Waals surface area contributed by atoms with Crippen LogP contribution >= 0.6 is 0 Å². The van der Waals surface area contributed by atoms with Gasteiger partial charge in [0, 0.05) is 37.8 Å². The molecule has 1 atom stereocenters. The minimum absolute atomic E-state index is 0.544. The van der Waals surface area contributed by atoms with Crippen molar-refractivity contribution in [1.29, 1.82) is 0 Å². The summed E-state index contributed by atoms with van der Waals surface area (Å²) in [7, 11) is 0. The molecule has 2 heteroatoms. The van der Waals surface area contributed by atoms with E-state index in [1.807, 2.05) is 0 Å². The molecule has 0 aliphatic carbocycles. The van der Waals surface area contributed by atoms with Gasteiger partial charge in [-0.25, -0.2) is 0 Å². The summed E-state index contributed by atoms with van der Waals surface area (Å²) < 4.78 is 0. The van der Waals surface area contributed by atoms with E-state index in [0.717, 1.165) is 6.54 Å². The zero-order valence-corrected chi connectivity index (χ0v) is 12.1. The Morgan fingerprint density at radius 1 is 0.944 bits per heavy atom. The van der Waals surface area contributed by atoms with Crippen LogP contribution in [0.4, 0.5) is 0 Å². The highest BCUT2D eigenvalue weighted by atomic mass is 15.3. The monoisotopic (exact) mass is 246 g/mol. The van der Waals surface area contributed by atoms with Gasteiger partial charge >= 0.3 is 0 Å². The number of piperazine rings is 1. The zero-order chi connectivity index (χ0) is 13.1. The summed E-state index contributed by atoms with van der Waals surface area (Å²) in [5, 5.41) is 0. The average Bonchev–Trinajstić information content (AvgIpc) is 2.39. The third-order valence-corrected chi connectivity index (χ3v) is 4.03. The van der Waals surface area contributed by atoms with Crippen molar-refractivity contribution in [2.45, 2.75) is 45.8 Å². The highest BCUT2D eigenvalue weighted by molar-refractivity contribution is 5.20. The van der Waals surface area contributed by atoms with Gasteiger partial charge in [-0.05, 0) is 33.3 Å². The topological polar surface area (TPSA) is 6.48 Å². The standard InChI is InChI=1S/C16H26N2/c1-13(2)17-10-11-18(14(3)4)16(12-17)15-8-6-5-7-9-15/h5-9,13-14,16H,10-12H2,1-4H3. The molecular weight excluding hydrogens is 220 g/mol. The van der Waals surface area contributed by atoms with E-state index in [1.165, 1.54) is 18.7 Å². The molecule has 1 saturated heterocycles. The summed E-state index contributed by atoms with van der Waals surface area (Å²) in [4.78, 5) is 5.23. The maximum absolute atomic E-state index is 2.63. The van der Waals surface area contributed by atoms with Crippen molar-refractivity contribution in [2.24, 2.45) is 0 Å². The second-order valence-corrected chi connectivity index (χ2v) is 5.85. The van der Waals surface area contributed by atoms with Crippen molar-refractivity contribution in [3.63, 3.8) is 0 Å². The Morgan fingerprint density at radius 2 is 1.61 bits per heavy atom. The fourth-order valence-electron chi connectivity index (χ4n) is 2.88. The predicted molar refractivity (Wildman–Crippen MR) is 77.7 cm³/mol. The van der Waals surface area contributed by atoms with Gasteiger partial charge in [-0.15, -0.1) is 0 Å². The second kappa shape index (κ2) is 5.85. The van der Waals surface area contributed by atoms with E-state index in [-0.39, 0.29) is 0 Å². The molecule has 1 aromatic carbocycles. The maximum Gasteiger partial charge on any atom is 0.0478 e. The van der Waals surface area contributed by atoms with Crippen LogP contribution in [0.25, 0.3) is 0 Å². The Hall–Kier alpha value is -0.860. The summed E-state index contributed by atoms with van der Waals surface area (Å²) in [5.41, 5.74) is 1.46. The van der Waals surface area contributed by atoms with Crippen LogP contribution in [0.1, 0.15) is 39.3 Å². The van der Waals surface area contributed by atoms with Crippen LogP contribution in [0.15, 0.2) is 30.3 Å². The molecule has 0 saturated carbocycles. The Balaban J connectivity index is 2.20. The SMILES string of the molecule is CC(C)N1CCN(C(C)C)C(c2ccccc2)C1. The zero-order valence-electron chi connectivity index (χ0n) is 12.1. The van der Waals surface area contributed by atoms with Gasteiger partial charge in [-0.1, -0.05) is 30.3 Å². The fraction of sp³-hybridized carbons (Fsp3) is 0.625. The van der Waals surface area contributed by atoms with Gasteiger partial charge in [0.1, 0.15) is 0 Å². The summed E-state index contributed by atoms with van der Waals surface area (Å²) in [5.74, 6) is 0. The smallest absolute Gasteiger partial charge is 0.0478 e. The van der Waals surface area contributed by atoms with Crippen molar-refractivity contribution >= 4 is 0 Å². The molecule has 0 amide bonds. The molecule has 0 spiro atoms. The van der Waals surface area contributed by atoms with Gasteiger partial charge in [0.25, 0.3) is 0 Å². The van der Waals surface area contributed by atoms with Crippen LogP contribution in [-0.4, -0.2) is 41.5 Å². The van der Waals surface area contributed by atoms with E-state index in [1.54, 1.807) is 0 Å². The van der Waals surface area contributed by atoms with Gasteiger partial charge < -0.3 is 0 Å². The molecule has 1 heterocycles. The predicted octanol–water partition coefficient (Wildman–Crippen LogP) is 3.16. The Morgan fingerprint density at radius 3 is 2.17 bits per heavy atom. The van der Waals surface area contributed by atoms with E-state index in [9.17, 15) is 0 Å². The molecule has 1 aliphatic heterocycles. The molecule has 0 aromatic heterocycles. The van der Waals surface area contributed by atoms with Crippen LogP contribution in [0.2, 0.25) is 0 Å². The minimum atomic E-state index is 0.544. The number of rotatable bonds is 3. The number of benzene rings is 1. The van der Waals surface area contributed by atoms with E-state index >= 15 is 0 Å². The quantitative estimate of drug-likeness (QED) is 0.808. The van der Waals surface area contributed by atoms with Gasteiger partial charge in [-0.2, -0.15) is 0 Å². The Kier molecular flexibility index (Phi) is 4.41. The first-order chi connectivity index (χ1) is 8.59. The minimum Gasteiger partial charge on any atom is -0.298 e. The highest BCUT2D eigenvalue weighted by Crippen LogP contribution is 2.27. The summed E-state index contributed by atoms with van der Waals surface area (Å²) >= 11 is 0. The van der Waals surface area contributed by atoms with Crippen LogP contribution < -0.4 is 0 Å². The lowest BCUT2D eigenvalue weighted by Gasteiger charge is -2.45. The summed E-state index contributed by atoms with van der Waals surface area (Å²) in [6.45, 7) is 12.7. The molecule has 0 N–H and O–H groups in total. The normalized spacial score (nSPS) is 22.9. The third kappa shape index (κ3) is 2.93. The molecule has 1 aliphatic rings. The van der Waals surface area contributed by atoms with E-state index in [2.05, 4.69) is 67.8 Å². The number of hydrogen-bond donors (Lipinski definition) is 0. The van der Waals surface area contributed by atoms with Gasteiger partial charge in [0.2, 0.25) is 0 Å². The first-order valence-corrected chi connectivity index (χ1v) is 7.14. The van der Waals surface area contributed by atoms with Crippen molar-refractivity contribution in [2.75, 3.05) is 19.6 Å². The average molecular weight is 246 g/mol. The molecule has 1 aromatic rings. The Labute approximate surface area is 112 Å². The fourth-order valence-corrected chi connectivity index (χ4v) is 2.88. The van der Waals surface area contributed by atoms with Crippen molar-refractivity contribution in [1.82, 2.24) is 9.80 Å². The number of hydrogen-bond acceptors (Lipinski definition) is 2. The van der Waals surface area contributed by atoms with Crippen LogP contribution in [0.5, 0.6) is 0 Å². The Bertz CT molecular complexity index is 359. The molecule has 18 heavy (non-hydrogen) atoms. The summed E-state index contributed by atoms with van der Waals surface area (Å²) in [6.07, 6.45) is 0.